The van der Waals surface area contributed by atoms with E-state index in [9.17, 15) is 0 Å². The van der Waals surface area contributed by atoms with E-state index in [1.807, 2.05) is 30.3 Å². The molecule has 0 bridgehead atoms. The van der Waals surface area contributed by atoms with Gasteiger partial charge >= 0.3 is 0 Å². The van der Waals surface area contributed by atoms with Gasteiger partial charge in [-0.05, 0) is 12.1 Å². The average molecular weight is 216 g/mol. The number of para-hydroxylation sites is 1. The molecule has 0 unspecified atom stereocenters. The van der Waals surface area contributed by atoms with Crippen LogP contribution in [0.5, 0.6) is 0 Å². The van der Waals surface area contributed by atoms with Gasteiger partial charge in [-0.3, -0.25) is 5.01 Å². The summed E-state index contributed by atoms with van der Waals surface area (Å²) in [5.41, 5.74) is 12.5. The molecule has 2 rings (SSSR count). The third kappa shape index (κ3) is 1.85. The number of hydrogen-bond donors (Lipinski definition) is 2. The molecule has 4 N–H and O–H groups in total. The van der Waals surface area contributed by atoms with Crippen LogP contribution >= 0.6 is 0 Å². The van der Waals surface area contributed by atoms with Crippen molar-refractivity contribution in [3.63, 3.8) is 0 Å². The SMILES string of the molecule is CN(N=C1C(N)=NN=C1N)c1ccccc1. The molecule has 0 saturated heterocycles. The van der Waals surface area contributed by atoms with Gasteiger partial charge in [0.25, 0.3) is 0 Å². The minimum absolute atomic E-state index is 0.236. The molecule has 1 aliphatic rings. The van der Waals surface area contributed by atoms with E-state index in [0.717, 1.165) is 5.69 Å². The Labute approximate surface area is 93.0 Å². The zero-order valence-electron chi connectivity index (χ0n) is 8.83. The van der Waals surface area contributed by atoms with Crippen molar-refractivity contribution < 1.29 is 0 Å². The first-order chi connectivity index (χ1) is 7.68. The summed E-state index contributed by atoms with van der Waals surface area (Å²) in [6.07, 6.45) is 0. The number of nitrogens with two attached hydrogens (primary N) is 2. The van der Waals surface area contributed by atoms with Crippen LogP contribution < -0.4 is 16.5 Å². The van der Waals surface area contributed by atoms with Gasteiger partial charge in [0.05, 0.1) is 5.69 Å². The van der Waals surface area contributed by atoms with E-state index in [4.69, 9.17) is 11.5 Å². The molecule has 0 aromatic heterocycles. The topological polar surface area (TPSA) is 92.4 Å². The lowest BCUT2D eigenvalue weighted by Gasteiger charge is -2.13. The minimum Gasteiger partial charge on any atom is -0.380 e. The molecular weight excluding hydrogens is 204 g/mol. The van der Waals surface area contributed by atoms with Gasteiger partial charge in [0.1, 0.15) is 0 Å². The first kappa shape index (κ1) is 10.2. The van der Waals surface area contributed by atoms with Crippen molar-refractivity contribution >= 4 is 23.1 Å². The van der Waals surface area contributed by atoms with E-state index in [2.05, 4.69) is 15.3 Å². The van der Waals surface area contributed by atoms with Crippen molar-refractivity contribution in [1.29, 1.82) is 0 Å². The summed E-state index contributed by atoms with van der Waals surface area (Å²) in [5, 5.41) is 13.2. The van der Waals surface area contributed by atoms with Gasteiger partial charge < -0.3 is 11.5 Å². The molecule has 6 nitrogen and oxygen atoms in total. The van der Waals surface area contributed by atoms with Crippen LogP contribution in [0.1, 0.15) is 0 Å². The monoisotopic (exact) mass is 216 g/mol. The van der Waals surface area contributed by atoms with E-state index in [1.54, 1.807) is 12.1 Å². The third-order valence-corrected chi connectivity index (χ3v) is 2.13. The lowest BCUT2D eigenvalue weighted by molar-refractivity contribution is 1.02. The highest BCUT2D eigenvalue weighted by molar-refractivity contribution is 6.68. The predicted molar refractivity (Wildman–Crippen MR) is 65.5 cm³/mol. The third-order valence-electron chi connectivity index (χ3n) is 2.13. The number of rotatable bonds is 2. The summed E-state index contributed by atoms with van der Waals surface area (Å²) in [7, 11) is 1.81. The van der Waals surface area contributed by atoms with Gasteiger partial charge in [0.15, 0.2) is 17.4 Å². The summed E-state index contributed by atoms with van der Waals surface area (Å²) < 4.78 is 0. The number of hydrazone groups is 1. The average Bonchev–Trinajstić information content (AvgIpc) is 2.62. The molecular formula is C10H12N6. The molecule has 0 amide bonds. The van der Waals surface area contributed by atoms with Crippen molar-refractivity contribution in [3.8, 4) is 0 Å². The Morgan fingerprint density at radius 3 is 2.19 bits per heavy atom. The molecule has 1 aromatic carbocycles. The smallest absolute Gasteiger partial charge is 0.177 e. The quantitative estimate of drug-likeness (QED) is 0.688. The summed E-state index contributed by atoms with van der Waals surface area (Å²) in [4.78, 5) is 0. The van der Waals surface area contributed by atoms with Gasteiger partial charge in [-0.1, -0.05) is 18.2 Å². The highest BCUT2D eigenvalue weighted by atomic mass is 15.5. The van der Waals surface area contributed by atoms with Crippen LogP contribution in [0, 0.1) is 0 Å². The Balaban J connectivity index is 2.25. The molecule has 1 heterocycles. The maximum Gasteiger partial charge on any atom is 0.177 e. The van der Waals surface area contributed by atoms with Crippen LogP contribution in [0.15, 0.2) is 45.6 Å². The first-order valence-electron chi connectivity index (χ1n) is 4.73. The molecule has 0 atom stereocenters. The Hall–Kier alpha value is -2.37. The van der Waals surface area contributed by atoms with E-state index >= 15 is 0 Å². The fourth-order valence-electron chi connectivity index (χ4n) is 1.29. The van der Waals surface area contributed by atoms with Crippen LogP contribution in [0.25, 0.3) is 0 Å². The second kappa shape index (κ2) is 4.01. The maximum absolute atomic E-state index is 5.59. The minimum atomic E-state index is 0.236. The van der Waals surface area contributed by atoms with Gasteiger partial charge in [-0.2, -0.15) is 5.10 Å². The van der Waals surface area contributed by atoms with Crippen molar-refractivity contribution in [2.45, 2.75) is 0 Å². The molecule has 16 heavy (non-hydrogen) atoms. The highest BCUT2D eigenvalue weighted by Gasteiger charge is 2.17. The zero-order chi connectivity index (χ0) is 11.5. The van der Waals surface area contributed by atoms with Crippen LogP contribution in [0.2, 0.25) is 0 Å². The Kier molecular flexibility index (Phi) is 2.55. The Morgan fingerprint density at radius 2 is 1.62 bits per heavy atom. The van der Waals surface area contributed by atoms with Crippen molar-refractivity contribution in [2.24, 2.45) is 26.8 Å². The normalized spacial score (nSPS) is 14.4. The van der Waals surface area contributed by atoms with Gasteiger partial charge in [0.2, 0.25) is 0 Å². The second-order valence-corrected chi connectivity index (χ2v) is 3.28. The van der Waals surface area contributed by atoms with Gasteiger partial charge in [-0.15, -0.1) is 10.2 Å². The number of benzene rings is 1. The lowest BCUT2D eigenvalue weighted by atomic mass is 10.3. The molecule has 0 saturated carbocycles. The summed E-state index contributed by atoms with van der Waals surface area (Å²) in [5.74, 6) is 0.473. The van der Waals surface area contributed by atoms with Crippen LogP contribution in [0.4, 0.5) is 5.69 Å². The molecule has 1 aliphatic heterocycles. The standard InChI is InChI=1S/C10H12N6/c1-16(7-5-3-2-4-6-7)15-8-9(11)13-14-10(8)12/h2-6H,1H3,(H4,11,12,13,14,15). The largest absolute Gasteiger partial charge is 0.380 e. The lowest BCUT2D eigenvalue weighted by Crippen LogP contribution is -2.34. The van der Waals surface area contributed by atoms with Crippen molar-refractivity contribution in [2.75, 3.05) is 12.1 Å². The highest BCUT2D eigenvalue weighted by Crippen LogP contribution is 2.11. The second-order valence-electron chi connectivity index (χ2n) is 3.28. The molecule has 0 spiro atoms. The first-order valence-corrected chi connectivity index (χ1v) is 4.73. The maximum atomic E-state index is 5.59. The Bertz CT molecular complexity index is 453. The van der Waals surface area contributed by atoms with Crippen LogP contribution in [-0.2, 0) is 0 Å². The number of amidine groups is 2. The fraction of sp³-hybridized carbons (Fsp3) is 0.100. The summed E-state index contributed by atoms with van der Waals surface area (Å²) in [6.45, 7) is 0. The van der Waals surface area contributed by atoms with E-state index < -0.39 is 0 Å². The van der Waals surface area contributed by atoms with Gasteiger partial charge in [0, 0.05) is 7.05 Å². The molecule has 0 fully saturated rings. The van der Waals surface area contributed by atoms with Crippen LogP contribution in [-0.4, -0.2) is 24.4 Å². The van der Waals surface area contributed by atoms with E-state index in [1.165, 1.54) is 0 Å². The van der Waals surface area contributed by atoms with E-state index in [0.29, 0.717) is 5.71 Å². The summed E-state index contributed by atoms with van der Waals surface area (Å²) in [6, 6.07) is 9.65. The summed E-state index contributed by atoms with van der Waals surface area (Å²) >= 11 is 0. The fourth-order valence-corrected chi connectivity index (χ4v) is 1.29. The molecule has 0 radical (unpaired) electrons. The predicted octanol–water partition coefficient (Wildman–Crippen LogP) is 0.122. The number of nitrogens with zero attached hydrogens (tertiary/aromatic N) is 4. The zero-order valence-corrected chi connectivity index (χ0v) is 8.83. The number of anilines is 1. The van der Waals surface area contributed by atoms with Crippen molar-refractivity contribution in [1.82, 2.24) is 0 Å². The van der Waals surface area contributed by atoms with Gasteiger partial charge in [-0.25, -0.2) is 0 Å². The Morgan fingerprint density at radius 1 is 1.06 bits per heavy atom. The molecule has 0 aliphatic carbocycles. The van der Waals surface area contributed by atoms with E-state index in [-0.39, 0.29) is 11.7 Å². The van der Waals surface area contributed by atoms with Crippen LogP contribution in [0.3, 0.4) is 0 Å². The number of hydrogen-bond acceptors (Lipinski definition) is 6. The van der Waals surface area contributed by atoms with Crippen molar-refractivity contribution in [3.05, 3.63) is 30.3 Å². The molecule has 6 heteroatoms. The molecule has 1 aromatic rings. The molecule has 82 valence electrons.